The Kier molecular flexibility index (Phi) is 3.57. The van der Waals surface area contributed by atoms with Crippen LogP contribution in [0.3, 0.4) is 0 Å². The van der Waals surface area contributed by atoms with Crippen molar-refractivity contribution < 1.29 is 14.3 Å². The van der Waals surface area contributed by atoms with E-state index in [0.717, 1.165) is 5.75 Å². The lowest BCUT2D eigenvalue weighted by Gasteiger charge is -2.05. The van der Waals surface area contributed by atoms with Gasteiger partial charge in [-0.2, -0.15) is 0 Å². The zero-order valence-corrected chi connectivity index (χ0v) is 10.2. The molecule has 0 fully saturated rings. The van der Waals surface area contributed by atoms with E-state index in [1.165, 1.54) is 13.1 Å². The summed E-state index contributed by atoms with van der Waals surface area (Å²) in [5.41, 5.74) is 0.567. The smallest absolute Gasteiger partial charge is 0.219 e. The highest BCUT2D eigenvalue weighted by Crippen LogP contribution is 2.22. The summed E-state index contributed by atoms with van der Waals surface area (Å²) < 4.78 is 10.6. The fourth-order valence-electron chi connectivity index (χ4n) is 1.41. The van der Waals surface area contributed by atoms with Gasteiger partial charge in [-0.1, -0.05) is 0 Å². The first-order valence-corrected chi connectivity index (χ1v) is 5.48. The SMILES string of the molecule is COc1ccc(Oc2ccc(C(C)=O)cn2)cc1. The normalized spacial score (nSPS) is 9.89. The van der Waals surface area contributed by atoms with Crippen LogP contribution in [0.25, 0.3) is 0 Å². The minimum absolute atomic E-state index is 0.0153. The Bertz CT molecular complexity index is 532. The predicted molar refractivity (Wildman–Crippen MR) is 67.3 cm³/mol. The molecule has 18 heavy (non-hydrogen) atoms. The highest BCUT2D eigenvalue weighted by Gasteiger charge is 2.02. The van der Waals surface area contributed by atoms with Crippen molar-refractivity contribution in [3.8, 4) is 17.4 Å². The fourth-order valence-corrected chi connectivity index (χ4v) is 1.41. The van der Waals surface area contributed by atoms with Crippen LogP contribution in [0.15, 0.2) is 42.6 Å². The van der Waals surface area contributed by atoms with Crippen LogP contribution in [0.1, 0.15) is 17.3 Å². The lowest BCUT2D eigenvalue weighted by molar-refractivity contribution is 0.101. The molecule has 0 saturated carbocycles. The maximum atomic E-state index is 11.1. The van der Waals surface area contributed by atoms with E-state index in [1.807, 2.05) is 0 Å². The van der Waals surface area contributed by atoms with E-state index in [1.54, 1.807) is 43.5 Å². The second kappa shape index (κ2) is 5.31. The summed E-state index contributed by atoms with van der Waals surface area (Å²) in [5, 5.41) is 0. The van der Waals surface area contributed by atoms with Gasteiger partial charge in [-0.15, -0.1) is 0 Å². The number of benzene rings is 1. The Hall–Kier alpha value is -2.36. The van der Waals surface area contributed by atoms with Crippen molar-refractivity contribution in [2.24, 2.45) is 0 Å². The Balaban J connectivity index is 2.10. The van der Waals surface area contributed by atoms with Crippen LogP contribution in [0, 0.1) is 0 Å². The van der Waals surface area contributed by atoms with Crippen molar-refractivity contribution in [1.82, 2.24) is 4.98 Å². The summed E-state index contributed by atoms with van der Waals surface area (Å²) in [6.07, 6.45) is 1.50. The molecule has 0 N–H and O–H groups in total. The number of aromatic nitrogens is 1. The van der Waals surface area contributed by atoms with Gasteiger partial charge in [0.25, 0.3) is 0 Å². The third-order valence-electron chi connectivity index (χ3n) is 2.42. The Morgan fingerprint density at radius 1 is 1.06 bits per heavy atom. The highest BCUT2D eigenvalue weighted by molar-refractivity contribution is 5.93. The number of rotatable bonds is 4. The summed E-state index contributed by atoms with van der Waals surface area (Å²) in [4.78, 5) is 15.2. The molecule has 2 aromatic rings. The molecule has 0 saturated heterocycles. The molecule has 0 amide bonds. The summed E-state index contributed by atoms with van der Waals surface area (Å²) >= 11 is 0. The summed E-state index contributed by atoms with van der Waals surface area (Å²) in [5.74, 6) is 1.87. The van der Waals surface area contributed by atoms with Crippen molar-refractivity contribution >= 4 is 5.78 Å². The van der Waals surface area contributed by atoms with Gasteiger partial charge < -0.3 is 9.47 Å². The largest absolute Gasteiger partial charge is 0.497 e. The van der Waals surface area contributed by atoms with Crippen LogP contribution in [0.5, 0.6) is 17.4 Å². The second-order valence-corrected chi connectivity index (χ2v) is 3.72. The third kappa shape index (κ3) is 2.85. The minimum atomic E-state index is -0.0153. The van der Waals surface area contributed by atoms with Crippen molar-refractivity contribution in [2.45, 2.75) is 6.92 Å². The number of hydrogen-bond acceptors (Lipinski definition) is 4. The van der Waals surface area contributed by atoms with E-state index in [9.17, 15) is 4.79 Å². The lowest BCUT2D eigenvalue weighted by atomic mass is 10.2. The molecule has 4 heteroatoms. The summed E-state index contributed by atoms with van der Waals surface area (Å²) in [6, 6.07) is 10.5. The molecule has 1 aromatic carbocycles. The van der Waals surface area contributed by atoms with Crippen molar-refractivity contribution in [3.63, 3.8) is 0 Å². The van der Waals surface area contributed by atoms with E-state index in [4.69, 9.17) is 9.47 Å². The molecule has 0 aliphatic heterocycles. The van der Waals surface area contributed by atoms with Crippen LogP contribution < -0.4 is 9.47 Å². The van der Waals surface area contributed by atoms with E-state index in [2.05, 4.69) is 4.98 Å². The standard InChI is InChI=1S/C14H13NO3/c1-10(16)11-3-8-14(15-9-11)18-13-6-4-12(17-2)5-7-13/h3-9H,1-2H3. The first kappa shape index (κ1) is 12.1. The molecule has 0 aliphatic rings. The van der Waals surface area contributed by atoms with E-state index in [-0.39, 0.29) is 5.78 Å². The van der Waals surface area contributed by atoms with E-state index >= 15 is 0 Å². The maximum Gasteiger partial charge on any atom is 0.219 e. The molecule has 0 unspecified atom stereocenters. The van der Waals surface area contributed by atoms with Crippen LogP contribution in [-0.4, -0.2) is 17.9 Å². The number of nitrogens with zero attached hydrogens (tertiary/aromatic N) is 1. The first-order valence-electron chi connectivity index (χ1n) is 5.48. The van der Waals surface area contributed by atoms with Crippen molar-refractivity contribution in [2.75, 3.05) is 7.11 Å². The van der Waals surface area contributed by atoms with Crippen LogP contribution in [0.4, 0.5) is 0 Å². The molecule has 1 aromatic heterocycles. The third-order valence-corrected chi connectivity index (χ3v) is 2.42. The molecule has 0 aliphatic carbocycles. The van der Waals surface area contributed by atoms with Crippen LogP contribution in [-0.2, 0) is 0 Å². The molecule has 0 bridgehead atoms. The first-order chi connectivity index (χ1) is 8.69. The summed E-state index contributed by atoms with van der Waals surface area (Å²) in [6.45, 7) is 1.50. The molecule has 92 valence electrons. The Morgan fingerprint density at radius 2 is 1.72 bits per heavy atom. The molecular weight excluding hydrogens is 230 g/mol. The number of ether oxygens (including phenoxy) is 2. The van der Waals surface area contributed by atoms with Crippen molar-refractivity contribution in [3.05, 3.63) is 48.2 Å². The number of hydrogen-bond donors (Lipinski definition) is 0. The van der Waals surface area contributed by atoms with Gasteiger partial charge in [-0.05, 0) is 37.3 Å². The van der Waals surface area contributed by atoms with Gasteiger partial charge >= 0.3 is 0 Å². The molecular formula is C14H13NO3. The number of carbonyl (C=O) groups excluding carboxylic acids is 1. The highest BCUT2D eigenvalue weighted by atomic mass is 16.5. The molecule has 2 rings (SSSR count). The van der Waals surface area contributed by atoms with Gasteiger partial charge in [0, 0.05) is 17.8 Å². The zero-order valence-electron chi connectivity index (χ0n) is 10.2. The van der Waals surface area contributed by atoms with E-state index in [0.29, 0.717) is 17.2 Å². The zero-order chi connectivity index (χ0) is 13.0. The average molecular weight is 243 g/mol. The van der Waals surface area contributed by atoms with Crippen LogP contribution >= 0.6 is 0 Å². The summed E-state index contributed by atoms with van der Waals surface area (Å²) in [7, 11) is 1.61. The lowest BCUT2D eigenvalue weighted by Crippen LogP contribution is -1.94. The average Bonchev–Trinajstić information content (AvgIpc) is 2.40. The molecule has 4 nitrogen and oxygen atoms in total. The van der Waals surface area contributed by atoms with Crippen LogP contribution in [0.2, 0.25) is 0 Å². The topological polar surface area (TPSA) is 48.4 Å². The van der Waals surface area contributed by atoms with E-state index < -0.39 is 0 Å². The predicted octanol–water partition coefficient (Wildman–Crippen LogP) is 3.09. The van der Waals surface area contributed by atoms with Gasteiger partial charge in [-0.3, -0.25) is 4.79 Å². The quantitative estimate of drug-likeness (QED) is 0.774. The number of carbonyl (C=O) groups is 1. The molecule has 0 spiro atoms. The van der Waals surface area contributed by atoms with Gasteiger partial charge in [0.15, 0.2) is 5.78 Å². The number of Topliss-reactive ketones (excluding diaryl/α,β-unsaturated/α-hetero) is 1. The number of methoxy groups -OCH3 is 1. The molecule has 0 radical (unpaired) electrons. The Morgan fingerprint density at radius 3 is 2.22 bits per heavy atom. The number of ketones is 1. The minimum Gasteiger partial charge on any atom is -0.497 e. The fraction of sp³-hybridized carbons (Fsp3) is 0.143. The van der Waals surface area contributed by atoms with Gasteiger partial charge in [0.1, 0.15) is 11.5 Å². The Labute approximate surface area is 105 Å². The van der Waals surface area contributed by atoms with Gasteiger partial charge in [0.05, 0.1) is 7.11 Å². The van der Waals surface area contributed by atoms with Crippen molar-refractivity contribution in [1.29, 1.82) is 0 Å². The maximum absolute atomic E-state index is 11.1. The molecule has 1 heterocycles. The number of pyridine rings is 1. The second-order valence-electron chi connectivity index (χ2n) is 3.72. The monoisotopic (exact) mass is 243 g/mol. The van der Waals surface area contributed by atoms with Gasteiger partial charge in [-0.25, -0.2) is 4.98 Å². The van der Waals surface area contributed by atoms with Gasteiger partial charge in [0.2, 0.25) is 5.88 Å². The molecule has 0 atom stereocenters.